The van der Waals surface area contributed by atoms with Crippen molar-refractivity contribution in [3.8, 4) is 5.75 Å². The van der Waals surface area contributed by atoms with Crippen LogP contribution in [0.5, 0.6) is 5.75 Å². The monoisotopic (exact) mass is 330 g/mol. The summed E-state index contributed by atoms with van der Waals surface area (Å²) in [5, 5.41) is 12.4. The predicted octanol–water partition coefficient (Wildman–Crippen LogP) is 2.20. The third-order valence-electron chi connectivity index (χ3n) is 2.46. The maximum Gasteiger partial charge on any atom is 0.255 e. The molecule has 6 heteroatoms. The van der Waals surface area contributed by atoms with E-state index in [1.165, 1.54) is 12.1 Å². The van der Waals surface area contributed by atoms with Crippen LogP contribution in [0.4, 0.5) is 0 Å². The molecule has 98 valence electrons. The molecule has 0 radical (unpaired) electrons. The van der Waals surface area contributed by atoms with Gasteiger partial charge >= 0.3 is 0 Å². The Hall–Kier alpha value is -1.14. The van der Waals surface area contributed by atoms with Crippen molar-refractivity contribution in [3.05, 3.63) is 28.2 Å². The molecular formula is C12H15BrN2O2S. The van der Waals surface area contributed by atoms with E-state index in [0.29, 0.717) is 4.47 Å². The number of carbonyl (C=O) groups is 1. The van der Waals surface area contributed by atoms with Gasteiger partial charge in [0.15, 0.2) is 0 Å². The number of nitrogens with one attached hydrogen (secondary N) is 1. The molecule has 0 aromatic heterocycles. The van der Waals surface area contributed by atoms with Gasteiger partial charge in [0.1, 0.15) is 5.75 Å². The Morgan fingerprint density at radius 1 is 1.50 bits per heavy atom. The second kappa shape index (κ2) is 6.15. The van der Waals surface area contributed by atoms with Crippen LogP contribution < -0.4 is 11.1 Å². The molecule has 1 aromatic rings. The lowest BCUT2D eigenvalue weighted by atomic mass is 10.0. The Kier molecular flexibility index (Phi) is 5.10. The zero-order chi connectivity index (χ0) is 13.9. The fraction of sp³-hybridized carbons (Fsp3) is 0.333. The molecule has 1 atom stereocenters. The molecule has 4 nitrogen and oxygen atoms in total. The second-order valence-corrected chi connectivity index (χ2v) is 5.65. The first-order valence-corrected chi connectivity index (χ1v) is 6.61. The fourth-order valence-corrected chi connectivity index (χ4v) is 2.16. The van der Waals surface area contributed by atoms with Gasteiger partial charge in [0.25, 0.3) is 5.91 Å². The van der Waals surface area contributed by atoms with Crippen molar-refractivity contribution in [2.45, 2.75) is 19.9 Å². The van der Waals surface area contributed by atoms with Gasteiger partial charge in [0.05, 0.1) is 16.6 Å². The zero-order valence-electron chi connectivity index (χ0n) is 10.1. The Balaban J connectivity index is 2.91. The van der Waals surface area contributed by atoms with E-state index in [0.717, 1.165) is 0 Å². The number of nitrogens with two attached hydrogens (primary N) is 1. The van der Waals surface area contributed by atoms with Gasteiger partial charge in [0, 0.05) is 4.47 Å². The van der Waals surface area contributed by atoms with Gasteiger partial charge < -0.3 is 16.2 Å². The molecular weight excluding hydrogens is 316 g/mol. The van der Waals surface area contributed by atoms with Gasteiger partial charge in [-0.15, -0.1) is 0 Å². The molecule has 0 aliphatic heterocycles. The third kappa shape index (κ3) is 3.68. The van der Waals surface area contributed by atoms with Crippen molar-refractivity contribution < 1.29 is 9.90 Å². The van der Waals surface area contributed by atoms with Gasteiger partial charge in [-0.3, -0.25) is 4.79 Å². The molecule has 0 bridgehead atoms. The van der Waals surface area contributed by atoms with E-state index in [-0.39, 0.29) is 22.2 Å². The van der Waals surface area contributed by atoms with Crippen LogP contribution in [0.3, 0.4) is 0 Å². The Bertz CT molecular complexity index is 477. The minimum absolute atomic E-state index is 0.0871. The first-order chi connectivity index (χ1) is 8.32. The molecule has 1 unspecified atom stereocenters. The van der Waals surface area contributed by atoms with Crippen LogP contribution in [0, 0.1) is 5.92 Å². The molecule has 1 rings (SSSR count). The molecule has 4 N–H and O–H groups in total. The second-order valence-electron chi connectivity index (χ2n) is 4.26. The van der Waals surface area contributed by atoms with E-state index in [1.807, 2.05) is 13.8 Å². The number of amides is 1. The molecule has 0 saturated carbocycles. The maximum atomic E-state index is 12.0. The number of benzene rings is 1. The average Bonchev–Trinajstić information content (AvgIpc) is 2.24. The van der Waals surface area contributed by atoms with E-state index in [4.69, 9.17) is 18.0 Å². The molecule has 0 aliphatic rings. The molecule has 0 aliphatic carbocycles. The highest BCUT2D eigenvalue weighted by molar-refractivity contribution is 9.10. The molecule has 0 spiro atoms. The van der Waals surface area contributed by atoms with Gasteiger partial charge in [-0.25, -0.2) is 0 Å². The smallest absolute Gasteiger partial charge is 0.255 e. The normalized spacial score (nSPS) is 12.2. The summed E-state index contributed by atoms with van der Waals surface area (Å²) in [7, 11) is 0. The van der Waals surface area contributed by atoms with E-state index < -0.39 is 11.9 Å². The highest BCUT2D eigenvalue weighted by Crippen LogP contribution is 2.22. The zero-order valence-corrected chi connectivity index (χ0v) is 12.5. The van der Waals surface area contributed by atoms with Crippen molar-refractivity contribution in [3.63, 3.8) is 0 Å². The van der Waals surface area contributed by atoms with E-state index in [9.17, 15) is 9.90 Å². The minimum atomic E-state index is -0.397. The van der Waals surface area contributed by atoms with E-state index >= 15 is 0 Å². The van der Waals surface area contributed by atoms with Gasteiger partial charge in [-0.1, -0.05) is 42.0 Å². The minimum Gasteiger partial charge on any atom is -0.507 e. The topological polar surface area (TPSA) is 75.3 Å². The number of hydrogen-bond donors (Lipinski definition) is 3. The summed E-state index contributed by atoms with van der Waals surface area (Å²) < 4.78 is 0.700. The number of phenolic OH excluding ortho intramolecular Hbond substituents is 1. The lowest BCUT2D eigenvalue weighted by Crippen LogP contribution is -2.46. The summed E-state index contributed by atoms with van der Waals surface area (Å²) in [5.41, 5.74) is 5.77. The molecule has 0 heterocycles. The summed E-state index contributed by atoms with van der Waals surface area (Å²) in [6.45, 7) is 3.82. The van der Waals surface area contributed by atoms with Crippen molar-refractivity contribution in [1.29, 1.82) is 0 Å². The van der Waals surface area contributed by atoms with E-state index in [2.05, 4.69) is 21.2 Å². The third-order valence-corrected chi connectivity index (χ3v) is 3.21. The highest BCUT2D eigenvalue weighted by atomic mass is 79.9. The average molecular weight is 331 g/mol. The molecule has 18 heavy (non-hydrogen) atoms. The highest BCUT2D eigenvalue weighted by Gasteiger charge is 2.21. The van der Waals surface area contributed by atoms with Crippen LogP contribution in [-0.2, 0) is 0 Å². The Labute approximate surface area is 120 Å². The van der Waals surface area contributed by atoms with Gasteiger partial charge in [-0.2, -0.15) is 0 Å². The van der Waals surface area contributed by atoms with Gasteiger partial charge in [-0.05, 0) is 24.1 Å². The van der Waals surface area contributed by atoms with Crippen LogP contribution in [0.25, 0.3) is 0 Å². The number of aromatic hydroxyl groups is 1. The van der Waals surface area contributed by atoms with Crippen LogP contribution >= 0.6 is 28.1 Å². The number of carbonyl (C=O) groups excluding carboxylic acids is 1. The maximum absolute atomic E-state index is 12.0. The number of hydrogen-bond acceptors (Lipinski definition) is 3. The summed E-state index contributed by atoms with van der Waals surface area (Å²) in [4.78, 5) is 12.2. The van der Waals surface area contributed by atoms with E-state index in [1.54, 1.807) is 6.07 Å². The van der Waals surface area contributed by atoms with Crippen LogP contribution in [0.1, 0.15) is 24.2 Å². The van der Waals surface area contributed by atoms with Crippen molar-refractivity contribution >= 4 is 39.0 Å². The summed E-state index contributed by atoms with van der Waals surface area (Å²) in [6.07, 6.45) is 0. The number of phenols is 1. The standard InChI is InChI=1S/C12H15BrN2O2S/c1-6(2)10(11(14)18)15-12(17)8-4-3-7(13)5-9(8)16/h3-6,10,16H,1-2H3,(H2,14,18)(H,15,17). The summed E-state index contributed by atoms with van der Waals surface area (Å²) >= 11 is 8.12. The van der Waals surface area contributed by atoms with Gasteiger partial charge in [0.2, 0.25) is 0 Å². The SMILES string of the molecule is CC(C)C(NC(=O)c1ccc(Br)cc1O)C(N)=S. The molecule has 1 amide bonds. The summed E-state index contributed by atoms with van der Waals surface area (Å²) in [5.74, 6) is -0.400. The number of halogens is 1. The summed E-state index contributed by atoms with van der Waals surface area (Å²) in [6, 6.07) is 4.28. The lowest BCUT2D eigenvalue weighted by molar-refractivity contribution is 0.0937. The van der Waals surface area contributed by atoms with Crippen molar-refractivity contribution in [2.75, 3.05) is 0 Å². The first-order valence-electron chi connectivity index (χ1n) is 5.41. The number of rotatable bonds is 4. The number of thiocarbonyl (C=S) groups is 1. The lowest BCUT2D eigenvalue weighted by Gasteiger charge is -2.21. The Morgan fingerprint density at radius 2 is 2.11 bits per heavy atom. The Morgan fingerprint density at radius 3 is 2.56 bits per heavy atom. The first kappa shape index (κ1) is 14.9. The molecule has 1 aromatic carbocycles. The van der Waals surface area contributed by atoms with Crippen molar-refractivity contribution in [1.82, 2.24) is 5.32 Å². The quantitative estimate of drug-likeness (QED) is 0.740. The van der Waals surface area contributed by atoms with Crippen LogP contribution in [-0.4, -0.2) is 22.0 Å². The van der Waals surface area contributed by atoms with Crippen LogP contribution in [0.15, 0.2) is 22.7 Å². The largest absolute Gasteiger partial charge is 0.507 e. The van der Waals surface area contributed by atoms with Crippen LogP contribution in [0.2, 0.25) is 0 Å². The molecule has 0 fully saturated rings. The molecule has 0 saturated heterocycles. The predicted molar refractivity (Wildman–Crippen MR) is 78.7 cm³/mol. The van der Waals surface area contributed by atoms with Crippen molar-refractivity contribution in [2.24, 2.45) is 11.7 Å². The fourth-order valence-electron chi connectivity index (χ4n) is 1.48.